The van der Waals surface area contributed by atoms with Gasteiger partial charge in [0.05, 0.1) is 5.66 Å². The van der Waals surface area contributed by atoms with E-state index in [1.165, 1.54) is 0 Å². The summed E-state index contributed by atoms with van der Waals surface area (Å²) in [5.74, 6) is 0.152. The fraction of sp³-hybridized carbons (Fsp3) is 0.143. The molecule has 0 aliphatic heterocycles. The maximum atomic E-state index is 12.2. The molecule has 162 valence electrons. The first-order valence-electron chi connectivity index (χ1n) is 10.6. The molecule has 0 unspecified atom stereocenters. The minimum Gasteiger partial charge on any atom is -0.299 e. The van der Waals surface area contributed by atoms with Gasteiger partial charge in [0.1, 0.15) is 0 Å². The number of Topliss-reactive ketones (excluding diaryl/α,β-unsaturated/α-hetero) is 1. The third-order valence-corrected chi connectivity index (χ3v) is 5.45. The summed E-state index contributed by atoms with van der Waals surface area (Å²) in [6, 6.07) is 28.0. The van der Waals surface area contributed by atoms with Crippen molar-refractivity contribution in [2.75, 3.05) is 14.1 Å². The van der Waals surface area contributed by atoms with Crippen LogP contribution in [0.3, 0.4) is 0 Å². The van der Waals surface area contributed by atoms with Crippen LogP contribution in [-0.4, -0.2) is 31.3 Å². The molecule has 0 bridgehead atoms. The number of ketones is 2. The predicted molar refractivity (Wildman–Crippen MR) is 130 cm³/mol. The molecule has 1 aliphatic rings. The summed E-state index contributed by atoms with van der Waals surface area (Å²) < 4.78 is 0. The zero-order valence-electron chi connectivity index (χ0n) is 18.4. The van der Waals surface area contributed by atoms with Crippen LogP contribution in [0.1, 0.15) is 32.7 Å². The van der Waals surface area contributed by atoms with Crippen molar-refractivity contribution in [3.63, 3.8) is 0 Å². The van der Waals surface area contributed by atoms with Crippen LogP contribution in [0.4, 0.5) is 0 Å². The highest BCUT2D eigenvalue weighted by molar-refractivity contribution is 6.10. The number of hydrogen-bond acceptors (Lipinski definition) is 4. The molecule has 0 saturated heterocycles. The molecule has 0 aromatic heterocycles. The fourth-order valence-corrected chi connectivity index (χ4v) is 3.41. The zero-order valence-corrected chi connectivity index (χ0v) is 18.4. The molecule has 0 heterocycles. The lowest BCUT2D eigenvalue weighted by atomic mass is 9.92. The number of rotatable bonds is 6. The molecular formula is C28H28N2O2. The van der Waals surface area contributed by atoms with Crippen LogP contribution in [-0.2, 0) is 0 Å². The van der Waals surface area contributed by atoms with Crippen LogP contribution in [0.5, 0.6) is 0 Å². The van der Waals surface area contributed by atoms with E-state index in [-0.39, 0.29) is 17.2 Å². The van der Waals surface area contributed by atoms with Gasteiger partial charge in [0.25, 0.3) is 0 Å². The van der Waals surface area contributed by atoms with Gasteiger partial charge in [-0.05, 0) is 20.2 Å². The van der Waals surface area contributed by atoms with Gasteiger partial charge >= 0.3 is 0 Å². The molecule has 0 spiro atoms. The summed E-state index contributed by atoms with van der Waals surface area (Å²) in [6.45, 7) is 0. The molecule has 32 heavy (non-hydrogen) atoms. The minimum absolute atomic E-state index is 0.0752. The molecule has 0 atom stereocenters. The van der Waals surface area contributed by atoms with Crippen molar-refractivity contribution in [3.8, 4) is 0 Å². The second kappa shape index (κ2) is 11.1. The quantitative estimate of drug-likeness (QED) is 0.440. The number of benzene rings is 3. The first-order valence-corrected chi connectivity index (χ1v) is 10.6. The third-order valence-electron chi connectivity index (χ3n) is 5.45. The molecule has 2 N–H and O–H groups in total. The second-order valence-electron chi connectivity index (χ2n) is 7.42. The SMILES string of the molecule is CNC1(NC)C=CC(C(=O)c2ccccc2)=CC1.O=C(c1ccccc1)c1ccccc1. The number of carbonyl (C=O) groups is 2. The van der Waals surface area contributed by atoms with Crippen molar-refractivity contribution in [3.05, 3.63) is 131 Å². The molecule has 3 aromatic carbocycles. The first-order chi connectivity index (χ1) is 15.6. The van der Waals surface area contributed by atoms with Gasteiger partial charge in [0.2, 0.25) is 0 Å². The first kappa shape index (κ1) is 23.1. The Morgan fingerprint density at radius 1 is 0.656 bits per heavy atom. The average Bonchev–Trinajstić information content (AvgIpc) is 2.90. The molecule has 1 aliphatic carbocycles. The van der Waals surface area contributed by atoms with Crippen molar-refractivity contribution in [2.45, 2.75) is 12.1 Å². The van der Waals surface area contributed by atoms with Gasteiger partial charge in [-0.25, -0.2) is 0 Å². The highest BCUT2D eigenvalue weighted by Gasteiger charge is 2.25. The second-order valence-corrected chi connectivity index (χ2v) is 7.42. The fourth-order valence-electron chi connectivity index (χ4n) is 3.41. The Balaban J connectivity index is 0.000000186. The molecule has 0 fully saturated rings. The number of allylic oxidation sites excluding steroid dienone is 2. The summed E-state index contributed by atoms with van der Waals surface area (Å²) in [7, 11) is 3.80. The third kappa shape index (κ3) is 5.76. The monoisotopic (exact) mass is 424 g/mol. The molecule has 3 aromatic rings. The van der Waals surface area contributed by atoms with E-state index in [1.54, 1.807) is 0 Å². The molecule has 4 heteroatoms. The summed E-state index contributed by atoms with van der Waals surface area (Å²) >= 11 is 0. The normalized spacial score (nSPS) is 14.0. The summed E-state index contributed by atoms with van der Waals surface area (Å²) in [4.78, 5) is 24.1. The predicted octanol–water partition coefficient (Wildman–Crippen LogP) is 4.81. The smallest absolute Gasteiger partial charge is 0.193 e. The standard InChI is InChI=1S/C15H18N2O.C13H10O/c1-16-15(17-2)10-8-13(9-11-15)14(18)12-6-4-3-5-7-12;14-13(11-7-3-1-4-8-11)12-9-5-2-6-10-12/h3-10,16-17H,11H2,1-2H3;1-10H. The highest BCUT2D eigenvalue weighted by atomic mass is 16.1. The minimum atomic E-state index is -0.236. The topological polar surface area (TPSA) is 58.2 Å². The lowest BCUT2D eigenvalue weighted by Crippen LogP contribution is -2.52. The Morgan fingerprint density at radius 3 is 1.41 bits per heavy atom. The van der Waals surface area contributed by atoms with Gasteiger partial charge in [-0.1, -0.05) is 103 Å². The lowest BCUT2D eigenvalue weighted by molar-refractivity contribution is 0.103. The van der Waals surface area contributed by atoms with Gasteiger partial charge in [0.15, 0.2) is 11.6 Å². The number of likely N-dealkylation sites (N-methyl/N-ethyl adjacent to an activating group) is 2. The van der Waals surface area contributed by atoms with Gasteiger partial charge in [-0.2, -0.15) is 0 Å². The van der Waals surface area contributed by atoms with Gasteiger partial charge in [-0.15, -0.1) is 0 Å². The number of nitrogens with one attached hydrogen (secondary N) is 2. The molecule has 0 saturated carbocycles. The average molecular weight is 425 g/mol. The summed E-state index contributed by atoms with van der Waals surface area (Å²) in [6.07, 6.45) is 6.61. The van der Waals surface area contributed by atoms with E-state index in [0.717, 1.165) is 28.7 Å². The Labute approximate surface area is 189 Å². The van der Waals surface area contributed by atoms with Crippen molar-refractivity contribution in [1.29, 1.82) is 0 Å². The van der Waals surface area contributed by atoms with E-state index in [9.17, 15) is 9.59 Å². The Bertz CT molecular complexity index is 1040. The van der Waals surface area contributed by atoms with Crippen molar-refractivity contribution in [2.24, 2.45) is 0 Å². The van der Waals surface area contributed by atoms with Crippen LogP contribution in [0.15, 0.2) is 115 Å². The van der Waals surface area contributed by atoms with Crippen LogP contribution in [0.25, 0.3) is 0 Å². The van der Waals surface area contributed by atoms with Gasteiger partial charge in [0, 0.05) is 28.7 Å². The lowest BCUT2D eigenvalue weighted by Gasteiger charge is -2.31. The Kier molecular flexibility index (Phi) is 8.03. The Morgan fingerprint density at radius 2 is 1.06 bits per heavy atom. The number of carbonyl (C=O) groups excluding carboxylic acids is 2. The van der Waals surface area contributed by atoms with E-state index >= 15 is 0 Å². The van der Waals surface area contributed by atoms with Crippen LogP contribution in [0, 0.1) is 0 Å². The van der Waals surface area contributed by atoms with E-state index in [1.807, 2.05) is 123 Å². The maximum absolute atomic E-state index is 12.2. The van der Waals surface area contributed by atoms with Crippen molar-refractivity contribution < 1.29 is 9.59 Å². The van der Waals surface area contributed by atoms with Crippen LogP contribution >= 0.6 is 0 Å². The van der Waals surface area contributed by atoms with Crippen LogP contribution < -0.4 is 10.6 Å². The van der Waals surface area contributed by atoms with E-state index in [2.05, 4.69) is 10.6 Å². The maximum Gasteiger partial charge on any atom is 0.193 e. The van der Waals surface area contributed by atoms with E-state index in [4.69, 9.17) is 0 Å². The van der Waals surface area contributed by atoms with E-state index < -0.39 is 0 Å². The molecular weight excluding hydrogens is 396 g/mol. The van der Waals surface area contributed by atoms with Crippen LogP contribution in [0.2, 0.25) is 0 Å². The van der Waals surface area contributed by atoms with Gasteiger partial charge < -0.3 is 0 Å². The van der Waals surface area contributed by atoms with E-state index in [0.29, 0.717) is 0 Å². The number of hydrogen-bond donors (Lipinski definition) is 2. The molecule has 0 radical (unpaired) electrons. The van der Waals surface area contributed by atoms with Crippen molar-refractivity contribution >= 4 is 11.6 Å². The summed E-state index contributed by atoms with van der Waals surface area (Å²) in [5, 5.41) is 6.43. The molecule has 0 amide bonds. The Hall–Kier alpha value is -3.60. The molecule has 4 nitrogen and oxygen atoms in total. The van der Waals surface area contributed by atoms with Crippen molar-refractivity contribution in [1.82, 2.24) is 10.6 Å². The highest BCUT2D eigenvalue weighted by Crippen LogP contribution is 2.20. The van der Waals surface area contributed by atoms with Gasteiger partial charge in [-0.3, -0.25) is 20.2 Å². The zero-order chi connectivity index (χ0) is 22.8. The summed E-state index contributed by atoms with van der Waals surface area (Å²) in [5.41, 5.74) is 2.72. The largest absolute Gasteiger partial charge is 0.299 e. The molecule has 4 rings (SSSR count).